The first-order valence-corrected chi connectivity index (χ1v) is 7.36. The third-order valence-electron chi connectivity index (χ3n) is 4.17. The first-order chi connectivity index (χ1) is 11.3. The van der Waals surface area contributed by atoms with E-state index in [9.17, 15) is 22.8 Å². The number of H-pyrrole nitrogens is 1. The van der Waals surface area contributed by atoms with Gasteiger partial charge < -0.3 is 10.6 Å². The molecule has 1 aromatic heterocycles. The topological polar surface area (TPSA) is 83.5 Å². The highest BCUT2D eigenvalue weighted by Gasteiger charge is 2.69. The van der Waals surface area contributed by atoms with E-state index in [1.165, 1.54) is 6.92 Å². The average Bonchev–Trinajstić information content (AvgIpc) is 2.83. The van der Waals surface area contributed by atoms with Crippen molar-refractivity contribution < 1.29 is 23.3 Å². The molecule has 2 heterocycles. The highest BCUT2D eigenvalue weighted by atomic mass is 19.4. The molecular formula is C15H16F3N4O2+. The predicted molar refractivity (Wildman–Crippen MR) is 78.7 cm³/mol. The molecule has 1 unspecified atom stereocenters. The van der Waals surface area contributed by atoms with Gasteiger partial charge in [0.05, 0.1) is 18.8 Å². The molecule has 0 saturated carbocycles. The number of quaternary nitrogens is 1. The van der Waals surface area contributed by atoms with Gasteiger partial charge >= 0.3 is 11.7 Å². The minimum atomic E-state index is -4.92. The molecule has 2 aromatic rings. The van der Waals surface area contributed by atoms with E-state index in [-0.39, 0.29) is 18.8 Å². The SMILES string of the molecule is Cc1[nH]n(-c2ccccc2)c(=O)c1C1(C(F)(F)F)[NH2+]CCNC1=O. The summed E-state index contributed by atoms with van der Waals surface area (Å²) in [4.78, 5) is 24.9. The van der Waals surface area contributed by atoms with Crippen LogP contribution in [0.15, 0.2) is 35.1 Å². The summed E-state index contributed by atoms with van der Waals surface area (Å²) in [5, 5.41) is 5.76. The van der Waals surface area contributed by atoms with E-state index in [0.717, 1.165) is 10.00 Å². The molecule has 1 aromatic carbocycles. The lowest BCUT2D eigenvalue weighted by atomic mass is 9.86. The highest BCUT2D eigenvalue weighted by molar-refractivity contribution is 5.87. The van der Waals surface area contributed by atoms with Crippen molar-refractivity contribution in [3.63, 3.8) is 0 Å². The number of piperazine rings is 1. The molecule has 6 nitrogen and oxygen atoms in total. The van der Waals surface area contributed by atoms with Crippen LogP contribution in [0.25, 0.3) is 5.69 Å². The molecule has 1 atom stereocenters. The van der Waals surface area contributed by atoms with Gasteiger partial charge in [-0.1, -0.05) is 18.2 Å². The van der Waals surface area contributed by atoms with Crippen LogP contribution in [-0.2, 0) is 10.3 Å². The standard InChI is InChI=1S/C15H15F3N4O2/c1-9-11(12(23)22(21-9)10-5-3-2-4-6-10)14(15(16,17)18)13(24)19-7-8-20-14/h2-6,20-21H,7-8H2,1H3,(H,19,24)/p+1. The predicted octanol–water partition coefficient (Wildman–Crippen LogP) is -0.0752. The van der Waals surface area contributed by atoms with Crippen molar-refractivity contribution in [3.8, 4) is 5.69 Å². The van der Waals surface area contributed by atoms with Crippen molar-refractivity contribution in [2.75, 3.05) is 13.1 Å². The molecular weight excluding hydrogens is 325 g/mol. The number of carbonyl (C=O) groups excluding carboxylic acids is 1. The second-order valence-corrected chi connectivity index (χ2v) is 5.64. The average molecular weight is 341 g/mol. The number of nitrogens with one attached hydrogen (secondary N) is 2. The molecule has 0 spiro atoms. The number of aromatic nitrogens is 2. The Balaban J connectivity index is 2.26. The Kier molecular flexibility index (Phi) is 3.75. The third kappa shape index (κ3) is 2.23. The van der Waals surface area contributed by atoms with Gasteiger partial charge in [0.2, 0.25) is 0 Å². The summed E-state index contributed by atoms with van der Waals surface area (Å²) in [5.41, 5.74) is -4.01. The first-order valence-electron chi connectivity index (χ1n) is 7.36. The van der Waals surface area contributed by atoms with E-state index in [1.807, 2.05) is 0 Å². The number of hydrogen-bond donors (Lipinski definition) is 3. The molecule has 1 amide bonds. The second-order valence-electron chi connectivity index (χ2n) is 5.64. The number of amides is 1. The smallest absolute Gasteiger partial charge is 0.344 e. The molecule has 0 bridgehead atoms. The zero-order valence-electron chi connectivity index (χ0n) is 12.8. The van der Waals surface area contributed by atoms with Gasteiger partial charge in [-0.15, -0.1) is 0 Å². The summed E-state index contributed by atoms with van der Waals surface area (Å²) in [6, 6.07) is 8.23. The summed E-state index contributed by atoms with van der Waals surface area (Å²) in [7, 11) is 0. The van der Waals surface area contributed by atoms with Crippen LogP contribution in [0.2, 0.25) is 0 Å². The van der Waals surface area contributed by atoms with E-state index in [0.29, 0.717) is 5.69 Å². The Hall–Kier alpha value is -2.55. The summed E-state index contributed by atoms with van der Waals surface area (Å²) < 4.78 is 42.6. The summed E-state index contributed by atoms with van der Waals surface area (Å²) in [6.45, 7) is 1.51. The van der Waals surface area contributed by atoms with E-state index in [4.69, 9.17) is 0 Å². The molecule has 0 aliphatic carbocycles. The second kappa shape index (κ2) is 5.52. The van der Waals surface area contributed by atoms with E-state index in [2.05, 4.69) is 10.4 Å². The Labute approximate surface area is 134 Å². The maximum Gasteiger partial charge on any atom is 0.459 e. The zero-order valence-corrected chi connectivity index (χ0v) is 12.8. The number of para-hydroxylation sites is 1. The lowest BCUT2D eigenvalue weighted by Gasteiger charge is -2.34. The van der Waals surface area contributed by atoms with Crippen LogP contribution in [0.4, 0.5) is 13.2 Å². The van der Waals surface area contributed by atoms with Gasteiger partial charge in [0.1, 0.15) is 5.56 Å². The molecule has 1 aliphatic rings. The molecule has 128 valence electrons. The number of nitrogens with zero attached hydrogens (tertiary/aromatic N) is 1. The maximum absolute atomic E-state index is 13.9. The van der Waals surface area contributed by atoms with Crippen LogP contribution in [0.5, 0.6) is 0 Å². The molecule has 1 saturated heterocycles. The molecule has 0 radical (unpaired) electrons. The Bertz CT molecular complexity index is 825. The number of halogens is 3. The van der Waals surface area contributed by atoms with Crippen molar-refractivity contribution >= 4 is 5.91 Å². The zero-order chi connectivity index (χ0) is 17.5. The molecule has 4 N–H and O–H groups in total. The van der Waals surface area contributed by atoms with Crippen molar-refractivity contribution in [1.82, 2.24) is 15.1 Å². The Morgan fingerprint density at radius 1 is 1.21 bits per heavy atom. The van der Waals surface area contributed by atoms with Crippen LogP contribution >= 0.6 is 0 Å². The summed E-state index contributed by atoms with van der Waals surface area (Å²) in [6.07, 6.45) is -4.92. The van der Waals surface area contributed by atoms with Gasteiger partial charge in [-0.2, -0.15) is 13.2 Å². The lowest BCUT2D eigenvalue weighted by Crippen LogP contribution is -3.04. The van der Waals surface area contributed by atoms with E-state index in [1.54, 1.807) is 30.3 Å². The highest BCUT2D eigenvalue weighted by Crippen LogP contribution is 2.36. The minimum Gasteiger partial charge on any atom is -0.344 e. The number of carbonyl (C=O) groups is 1. The fourth-order valence-electron chi connectivity index (χ4n) is 3.08. The van der Waals surface area contributed by atoms with Crippen molar-refractivity contribution in [2.24, 2.45) is 0 Å². The first kappa shape index (κ1) is 16.3. The number of benzene rings is 1. The Morgan fingerprint density at radius 3 is 2.46 bits per heavy atom. The van der Waals surface area contributed by atoms with E-state index >= 15 is 0 Å². The van der Waals surface area contributed by atoms with E-state index < -0.39 is 28.7 Å². The van der Waals surface area contributed by atoms with Gasteiger partial charge in [-0.25, -0.2) is 4.68 Å². The maximum atomic E-state index is 13.9. The van der Waals surface area contributed by atoms with Crippen molar-refractivity contribution in [3.05, 3.63) is 51.9 Å². The quantitative estimate of drug-likeness (QED) is 0.714. The number of alkyl halides is 3. The Morgan fingerprint density at radius 2 is 1.88 bits per heavy atom. The van der Waals surface area contributed by atoms with Gasteiger partial charge in [0, 0.05) is 5.69 Å². The number of aryl methyl sites for hydroxylation is 1. The number of aromatic amines is 1. The largest absolute Gasteiger partial charge is 0.459 e. The third-order valence-corrected chi connectivity index (χ3v) is 4.17. The van der Waals surface area contributed by atoms with Gasteiger partial charge in [-0.3, -0.25) is 14.7 Å². The van der Waals surface area contributed by atoms with Crippen LogP contribution in [0.1, 0.15) is 11.3 Å². The fraction of sp³-hybridized carbons (Fsp3) is 0.333. The normalized spacial score (nSPS) is 21.6. The van der Waals surface area contributed by atoms with Crippen molar-refractivity contribution in [1.29, 1.82) is 0 Å². The number of rotatable bonds is 2. The molecule has 1 aliphatic heterocycles. The van der Waals surface area contributed by atoms with Crippen LogP contribution < -0.4 is 16.2 Å². The summed E-state index contributed by atoms with van der Waals surface area (Å²) in [5.74, 6) is -1.22. The summed E-state index contributed by atoms with van der Waals surface area (Å²) >= 11 is 0. The number of nitrogens with two attached hydrogens (primary N) is 1. The van der Waals surface area contributed by atoms with Gasteiger partial charge in [-0.05, 0) is 19.1 Å². The monoisotopic (exact) mass is 341 g/mol. The number of hydrogen-bond acceptors (Lipinski definition) is 2. The molecule has 1 fully saturated rings. The van der Waals surface area contributed by atoms with Crippen LogP contribution in [-0.4, -0.2) is 35.0 Å². The molecule has 9 heteroatoms. The van der Waals surface area contributed by atoms with Crippen LogP contribution in [0.3, 0.4) is 0 Å². The van der Waals surface area contributed by atoms with Crippen LogP contribution in [0, 0.1) is 6.92 Å². The fourth-order valence-corrected chi connectivity index (χ4v) is 3.08. The van der Waals surface area contributed by atoms with Gasteiger partial charge in [0.25, 0.3) is 11.5 Å². The lowest BCUT2D eigenvalue weighted by molar-refractivity contribution is -0.750. The minimum absolute atomic E-state index is 0.00878. The van der Waals surface area contributed by atoms with Crippen molar-refractivity contribution in [2.45, 2.75) is 18.6 Å². The van der Waals surface area contributed by atoms with Gasteiger partial charge in [0.15, 0.2) is 0 Å². The molecule has 3 rings (SSSR count). The molecule has 24 heavy (non-hydrogen) atoms.